The third kappa shape index (κ3) is 4.69. The molecular weight excluding hydrogens is 414 g/mol. The fraction of sp³-hybridized carbons (Fsp3) is 0.348. The average Bonchev–Trinajstić information content (AvgIpc) is 2.79. The van der Waals surface area contributed by atoms with Crippen LogP contribution in [0.5, 0.6) is 11.5 Å². The summed E-state index contributed by atoms with van der Waals surface area (Å²) in [6.07, 6.45) is 0.806. The Hall–Kier alpha value is -3.00. The number of carbonyl (C=O) groups is 1. The minimum atomic E-state index is -0.189. The van der Waals surface area contributed by atoms with Crippen molar-refractivity contribution in [2.75, 3.05) is 19.0 Å². The maximum absolute atomic E-state index is 12.9. The molecule has 0 saturated carbocycles. The molecular formula is C23H25N3O4S. The number of hydrogen-bond donors (Lipinski definition) is 1. The van der Waals surface area contributed by atoms with E-state index >= 15 is 0 Å². The zero-order chi connectivity index (χ0) is 21.8. The highest BCUT2D eigenvalue weighted by atomic mass is 32.2. The van der Waals surface area contributed by atoms with Gasteiger partial charge in [0.1, 0.15) is 13.2 Å². The molecule has 0 bridgehead atoms. The van der Waals surface area contributed by atoms with E-state index in [0.717, 1.165) is 17.7 Å². The summed E-state index contributed by atoms with van der Waals surface area (Å²) in [7, 11) is 0. The molecule has 0 aliphatic carbocycles. The Balaban J connectivity index is 1.45. The van der Waals surface area contributed by atoms with E-state index in [1.165, 1.54) is 11.8 Å². The van der Waals surface area contributed by atoms with Gasteiger partial charge in [-0.1, -0.05) is 36.9 Å². The van der Waals surface area contributed by atoms with Gasteiger partial charge in [-0.15, -0.1) is 0 Å². The minimum Gasteiger partial charge on any atom is -0.486 e. The Bertz CT molecular complexity index is 1160. The summed E-state index contributed by atoms with van der Waals surface area (Å²) in [6, 6.07) is 12.8. The smallest absolute Gasteiger partial charge is 0.262 e. The van der Waals surface area contributed by atoms with Gasteiger partial charge < -0.3 is 14.8 Å². The van der Waals surface area contributed by atoms with Gasteiger partial charge in [0.05, 0.1) is 22.7 Å². The van der Waals surface area contributed by atoms with E-state index in [2.05, 4.69) is 10.3 Å². The Kier molecular flexibility index (Phi) is 6.46. The lowest BCUT2D eigenvalue weighted by atomic mass is 10.1. The number of ether oxygens (including phenoxy) is 2. The molecule has 2 heterocycles. The molecule has 1 aromatic heterocycles. The molecule has 162 valence electrons. The van der Waals surface area contributed by atoms with Crippen LogP contribution in [-0.2, 0) is 11.3 Å². The predicted molar refractivity (Wildman–Crippen MR) is 121 cm³/mol. The normalized spacial score (nSPS) is 13.7. The Labute approximate surface area is 184 Å². The number of para-hydroxylation sites is 1. The van der Waals surface area contributed by atoms with Gasteiger partial charge in [-0.2, -0.15) is 0 Å². The lowest BCUT2D eigenvalue weighted by molar-refractivity contribution is -0.119. The third-order valence-corrected chi connectivity index (χ3v) is 6.03. The molecule has 0 saturated heterocycles. The van der Waals surface area contributed by atoms with Gasteiger partial charge >= 0.3 is 0 Å². The molecule has 31 heavy (non-hydrogen) atoms. The summed E-state index contributed by atoms with van der Waals surface area (Å²) in [5.41, 5.74) is 1.52. The van der Waals surface area contributed by atoms with Gasteiger partial charge in [0.25, 0.3) is 5.56 Å². The number of aromatic nitrogens is 2. The zero-order valence-corrected chi connectivity index (χ0v) is 18.4. The molecule has 1 amide bonds. The topological polar surface area (TPSA) is 82.5 Å². The number of fused-ring (bicyclic) bond motifs is 2. The van der Waals surface area contributed by atoms with Crippen molar-refractivity contribution < 1.29 is 14.3 Å². The van der Waals surface area contributed by atoms with Crippen LogP contribution in [0.3, 0.4) is 0 Å². The Morgan fingerprint density at radius 2 is 1.97 bits per heavy atom. The minimum absolute atomic E-state index is 0.0694. The maximum atomic E-state index is 12.9. The lowest BCUT2D eigenvalue weighted by Crippen LogP contribution is -2.29. The van der Waals surface area contributed by atoms with Crippen molar-refractivity contribution in [2.45, 2.75) is 38.0 Å². The first-order valence-corrected chi connectivity index (χ1v) is 11.4. The standard InChI is InChI=1S/C23H25N3O4S/c1-3-10-26-22(28)17-6-4-5-7-18(17)25-23(26)31-14-21(27)24-15(2)16-8-9-19-20(13-16)30-12-11-29-19/h4-9,13,15H,3,10-12,14H2,1-2H3,(H,24,27). The molecule has 2 aromatic carbocycles. The van der Waals surface area contributed by atoms with Crippen molar-refractivity contribution in [3.05, 3.63) is 58.4 Å². The van der Waals surface area contributed by atoms with Crippen LogP contribution in [0.4, 0.5) is 0 Å². The van der Waals surface area contributed by atoms with Gasteiger partial charge in [0.15, 0.2) is 16.7 Å². The van der Waals surface area contributed by atoms with E-state index in [9.17, 15) is 9.59 Å². The number of nitrogens with zero attached hydrogens (tertiary/aromatic N) is 2. The van der Waals surface area contributed by atoms with Crippen LogP contribution in [0.2, 0.25) is 0 Å². The van der Waals surface area contributed by atoms with E-state index in [1.54, 1.807) is 10.6 Å². The fourth-order valence-corrected chi connectivity index (χ4v) is 4.34. The Morgan fingerprint density at radius 3 is 2.77 bits per heavy atom. The van der Waals surface area contributed by atoms with Gasteiger partial charge in [0.2, 0.25) is 5.91 Å². The quantitative estimate of drug-likeness (QED) is 0.448. The van der Waals surface area contributed by atoms with E-state index in [1.807, 2.05) is 50.2 Å². The molecule has 1 unspecified atom stereocenters. The van der Waals surface area contributed by atoms with Crippen LogP contribution >= 0.6 is 11.8 Å². The fourth-order valence-electron chi connectivity index (χ4n) is 3.50. The molecule has 7 nitrogen and oxygen atoms in total. The van der Waals surface area contributed by atoms with Crippen molar-refractivity contribution in [2.24, 2.45) is 0 Å². The molecule has 0 spiro atoms. The average molecular weight is 440 g/mol. The van der Waals surface area contributed by atoms with E-state index < -0.39 is 0 Å². The van der Waals surface area contributed by atoms with Gasteiger partial charge in [0, 0.05) is 6.54 Å². The molecule has 1 atom stereocenters. The number of rotatable bonds is 7. The highest BCUT2D eigenvalue weighted by Gasteiger charge is 2.17. The number of thioether (sulfide) groups is 1. The van der Waals surface area contributed by atoms with Crippen molar-refractivity contribution in [1.82, 2.24) is 14.9 Å². The molecule has 1 N–H and O–H groups in total. The number of nitrogens with one attached hydrogen (secondary N) is 1. The lowest BCUT2D eigenvalue weighted by Gasteiger charge is -2.21. The summed E-state index contributed by atoms with van der Waals surface area (Å²) < 4.78 is 12.8. The predicted octanol–water partition coefficient (Wildman–Crippen LogP) is 3.55. The summed E-state index contributed by atoms with van der Waals surface area (Å²) in [5, 5.41) is 4.16. The second-order valence-electron chi connectivity index (χ2n) is 7.35. The van der Waals surface area contributed by atoms with E-state index in [-0.39, 0.29) is 23.3 Å². The number of amides is 1. The highest BCUT2D eigenvalue weighted by Crippen LogP contribution is 2.32. The largest absolute Gasteiger partial charge is 0.486 e. The van der Waals surface area contributed by atoms with Crippen LogP contribution in [0.25, 0.3) is 10.9 Å². The second kappa shape index (κ2) is 9.43. The van der Waals surface area contributed by atoms with Crippen LogP contribution in [0.1, 0.15) is 31.9 Å². The van der Waals surface area contributed by atoms with Crippen molar-refractivity contribution in [3.63, 3.8) is 0 Å². The molecule has 1 aliphatic rings. The van der Waals surface area contributed by atoms with Crippen molar-refractivity contribution in [1.29, 1.82) is 0 Å². The van der Waals surface area contributed by atoms with Gasteiger partial charge in [-0.05, 0) is 43.2 Å². The SMILES string of the molecule is CCCn1c(SCC(=O)NC(C)c2ccc3c(c2)OCCO3)nc2ccccc2c1=O. The summed E-state index contributed by atoms with van der Waals surface area (Å²) >= 11 is 1.28. The van der Waals surface area contributed by atoms with Gasteiger partial charge in [-0.25, -0.2) is 4.98 Å². The van der Waals surface area contributed by atoms with E-state index in [4.69, 9.17) is 9.47 Å². The molecule has 0 fully saturated rings. The molecule has 4 rings (SSSR count). The van der Waals surface area contributed by atoms with Crippen molar-refractivity contribution in [3.8, 4) is 11.5 Å². The first kappa shape index (κ1) is 21.2. The first-order chi connectivity index (χ1) is 15.1. The van der Waals surface area contributed by atoms with Crippen LogP contribution < -0.4 is 20.3 Å². The molecule has 3 aromatic rings. The van der Waals surface area contributed by atoms with Crippen LogP contribution in [-0.4, -0.2) is 34.4 Å². The van der Waals surface area contributed by atoms with Crippen LogP contribution in [0.15, 0.2) is 52.4 Å². The summed E-state index contributed by atoms with van der Waals surface area (Å²) in [4.78, 5) is 30.1. The van der Waals surface area contributed by atoms with Crippen LogP contribution in [0, 0.1) is 0 Å². The van der Waals surface area contributed by atoms with E-state index in [0.29, 0.717) is 41.6 Å². The van der Waals surface area contributed by atoms with Crippen molar-refractivity contribution >= 4 is 28.6 Å². The van der Waals surface area contributed by atoms with Gasteiger partial charge in [-0.3, -0.25) is 14.2 Å². The number of carbonyl (C=O) groups excluding carboxylic acids is 1. The third-order valence-electron chi connectivity index (χ3n) is 5.05. The number of hydrogen-bond acceptors (Lipinski definition) is 6. The highest BCUT2D eigenvalue weighted by molar-refractivity contribution is 7.99. The second-order valence-corrected chi connectivity index (χ2v) is 8.29. The Morgan fingerprint density at radius 1 is 1.19 bits per heavy atom. The monoisotopic (exact) mass is 439 g/mol. The summed E-state index contributed by atoms with van der Waals surface area (Å²) in [6.45, 7) is 5.56. The molecule has 0 radical (unpaired) electrons. The first-order valence-electron chi connectivity index (χ1n) is 10.4. The zero-order valence-electron chi connectivity index (χ0n) is 17.6. The number of benzene rings is 2. The molecule has 1 aliphatic heterocycles. The maximum Gasteiger partial charge on any atom is 0.262 e. The molecule has 8 heteroatoms. The summed E-state index contributed by atoms with van der Waals surface area (Å²) in [5.74, 6) is 1.46.